The van der Waals surface area contributed by atoms with E-state index in [1.54, 1.807) is 21.3 Å². The van der Waals surface area contributed by atoms with Gasteiger partial charge in [0.15, 0.2) is 0 Å². The minimum Gasteiger partial charge on any atom is -0.496 e. The van der Waals surface area contributed by atoms with Crippen molar-refractivity contribution in [3.05, 3.63) is 65.2 Å². The van der Waals surface area contributed by atoms with Crippen molar-refractivity contribution in [2.75, 3.05) is 21.3 Å². The molecular weight excluding hydrogens is 348 g/mol. The largest absolute Gasteiger partial charge is 0.496 e. The predicted molar refractivity (Wildman–Crippen MR) is 115 cm³/mol. The third-order valence-corrected chi connectivity index (χ3v) is 5.11. The zero-order valence-corrected chi connectivity index (χ0v) is 17.5. The van der Waals surface area contributed by atoms with Gasteiger partial charge in [-0.2, -0.15) is 0 Å². The lowest BCUT2D eigenvalue weighted by Gasteiger charge is -2.19. The van der Waals surface area contributed by atoms with Crippen molar-refractivity contribution in [2.45, 2.75) is 27.2 Å². The van der Waals surface area contributed by atoms with E-state index in [2.05, 4.69) is 57.2 Å². The van der Waals surface area contributed by atoms with Gasteiger partial charge in [0, 0.05) is 11.1 Å². The second kappa shape index (κ2) is 8.39. The van der Waals surface area contributed by atoms with Crippen molar-refractivity contribution in [1.29, 1.82) is 0 Å². The van der Waals surface area contributed by atoms with Crippen LogP contribution in [0.25, 0.3) is 22.3 Å². The van der Waals surface area contributed by atoms with Crippen LogP contribution >= 0.6 is 0 Å². The van der Waals surface area contributed by atoms with Gasteiger partial charge in [0.1, 0.15) is 17.2 Å². The van der Waals surface area contributed by atoms with Crippen LogP contribution in [0.2, 0.25) is 0 Å². The fraction of sp³-hybridized carbons (Fsp3) is 0.280. The average Bonchev–Trinajstić information content (AvgIpc) is 2.72. The lowest BCUT2D eigenvalue weighted by atomic mass is 9.89. The molecule has 0 N–H and O–H groups in total. The predicted octanol–water partition coefficient (Wildman–Crippen LogP) is 6.03. The minimum atomic E-state index is 0.854. The van der Waals surface area contributed by atoms with Gasteiger partial charge in [0.25, 0.3) is 0 Å². The first kappa shape index (κ1) is 19.8. The molecule has 0 spiro atoms. The van der Waals surface area contributed by atoms with Crippen molar-refractivity contribution in [2.24, 2.45) is 0 Å². The first-order valence-electron chi connectivity index (χ1n) is 9.45. The molecule has 0 bridgehead atoms. The van der Waals surface area contributed by atoms with Crippen molar-refractivity contribution < 1.29 is 14.2 Å². The van der Waals surface area contributed by atoms with Crippen molar-refractivity contribution in [1.82, 2.24) is 0 Å². The maximum atomic E-state index is 5.87. The van der Waals surface area contributed by atoms with Gasteiger partial charge in [-0.05, 0) is 84.5 Å². The number of ether oxygens (including phenoxy) is 3. The van der Waals surface area contributed by atoms with Crippen LogP contribution in [-0.4, -0.2) is 21.3 Å². The van der Waals surface area contributed by atoms with Crippen molar-refractivity contribution >= 4 is 0 Å². The number of hydrogen-bond acceptors (Lipinski definition) is 3. The monoisotopic (exact) mass is 375 g/mol. The molecule has 145 valence electrons. The Morgan fingerprint density at radius 3 is 1.86 bits per heavy atom. The summed E-state index contributed by atoms with van der Waals surface area (Å²) in [6.07, 6.45) is 0.854. The highest BCUT2D eigenvalue weighted by Crippen LogP contribution is 2.43. The summed E-state index contributed by atoms with van der Waals surface area (Å²) in [4.78, 5) is 0. The molecule has 3 aromatic rings. The van der Waals surface area contributed by atoms with E-state index in [1.165, 1.54) is 0 Å². The van der Waals surface area contributed by atoms with Gasteiger partial charge in [0.2, 0.25) is 0 Å². The summed E-state index contributed by atoms with van der Waals surface area (Å²) in [6, 6.07) is 18.0. The van der Waals surface area contributed by atoms with Crippen molar-refractivity contribution in [3.63, 3.8) is 0 Å². The molecule has 0 aliphatic carbocycles. The number of rotatable bonds is 6. The minimum absolute atomic E-state index is 0.854. The molecule has 1 radical (unpaired) electrons. The maximum Gasteiger partial charge on any atom is 0.131 e. The van der Waals surface area contributed by atoms with Gasteiger partial charge in [-0.1, -0.05) is 19.1 Å². The summed E-state index contributed by atoms with van der Waals surface area (Å²) in [6.45, 7) is 6.23. The smallest absolute Gasteiger partial charge is 0.131 e. The number of hydrogen-bond donors (Lipinski definition) is 0. The Morgan fingerprint density at radius 1 is 0.786 bits per heavy atom. The highest BCUT2D eigenvalue weighted by atomic mass is 16.5. The van der Waals surface area contributed by atoms with Crippen LogP contribution in [0.3, 0.4) is 0 Å². The summed E-state index contributed by atoms with van der Waals surface area (Å²) >= 11 is 0. The Kier molecular flexibility index (Phi) is 5.93. The van der Waals surface area contributed by atoms with Crippen molar-refractivity contribution in [3.8, 4) is 39.5 Å². The molecule has 3 nitrogen and oxygen atoms in total. The van der Waals surface area contributed by atoms with Crippen LogP contribution in [0.5, 0.6) is 17.2 Å². The Morgan fingerprint density at radius 2 is 1.36 bits per heavy atom. The molecule has 3 rings (SSSR count). The molecule has 0 atom stereocenters. The van der Waals surface area contributed by atoms with E-state index in [0.29, 0.717) is 0 Å². The van der Waals surface area contributed by atoms with E-state index in [-0.39, 0.29) is 0 Å². The fourth-order valence-corrected chi connectivity index (χ4v) is 3.65. The molecule has 0 aliphatic heterocycles. The second-order valence-corrected chi connectivity index (χ2v) is 6.81. The summed E-state index contributed by atoms with van der Waals surface area (Å²) < 4.78 is 16.7. The summed E-state index contributed by atoms with van der Waals surface area (Å²) in [5.74, 6) is 2.63. The van der Waals surface area contributed by atoms with Gasteiger partial charge in [-0.15, -0.1) is 0 Å². The summed E-state index contributed by atoms with van der Waals surface area (Å²) in [5, 5.41) is 0. The lowest BCUT2D eigenvalue weighted by molar-refractivity contribution is 0.410. The molecule has 0 saturated carbocycles. The third kappa shape index (κ3) is 3.57. The molecule has 0 aromatic heterocycles. The van der Waals surface area contributed by atoms with Gasteiger partial charge in [-0.25, -0.2) is 0 Å². The number of aryl methyl sites for hydroxylation is 3. The third-order valence-electron chi connectivity index (χ3n) is 5.11. The lowest BCUT2D eigenvalue weighted by Crippen LogP contribution is -1.98. The molecule has 0 heterocycles. The standard InChI is InChI=1S/C25H27O3/c1-7-18-8-11-21(19-9-12-22(26-4)16(2)14-19)24(25(18)28-6)20-10-13-23(27-5)17(3)15-20/h9-15H,7H2,1-6H3. The van der Waals surface area contributed by atoms with Crippen LogP contribution in [0.1, 0.15) is 23.6 Å². The quantitative estimate of drug-likeness (QED) is 0.527. The van der Waals surface area contributed by atoms with Gasteiger partial charge < -0.3 is 14.2 Å². The molecule has 0 unspecified atom stereocenters. The van der Waals surface area contributed by atoms with E-state index in [4.69, 9.17) is 14.2 Å². The molecule has 3 aromatic carbocycles. The highest BCUT2D eigenvalue weighted by Gasteiger charge is 2.18. The van der Waals surface area contributed by atoms with Gasteiger partial charge in [-0.3, -0.25) is 0 Å². The Balaban J connectivity index is 2.29. The zero-order valence-electron chi connectivity index (χ0n) is 17.5. The molecule has 28 heavy (non-hydrogen) atoms. The topological polar surface area (TPSA) is 27.7 Å². The van der Waals surface area contributed by atoms with Crippen LogP contribution in [0.4, 0.5) is 0 Å². The van der Waals surface area contributed by atoms with Crippen LogP contribution < -0.4 is 14.2 Å². The van der Waals surface area contributed by atoms with Gasteiger partial charge in [0.05, 0.1) is 21.3 Å². The maximum absolute atomic E-state index is 5.87. The highest BCUT2D eigenvalue weighted by molar-refractivity contribution is 5.89. The normalized spacial score (nSPS) is 10.6. The van der Waals surface area contributed by atoms with Crippen LogP contribution in [-0.2, 0) is 6.42 Å². The summed E-state index contributed by atoms with van der Waals surface area (Å²) in [5.41, 5.74) is 7.62. The molecule has 3 heteroatoms. The molecule has 0 fully saturated rings. The molecule has 0 aliphatic rings. The van der Waals surface area contributed by atoms with Crippen LogP contribution in [0.15, 0.2) is 42.5 Å². The summed E-state index contributed by atoms with van der Waals surface area (Å²) in [7, 11) is 5.12. The Hall–Kier alpha value is -2.94. The first-order valence-corrected chi connectivity index (χ1v) is 9.45. The Labute approximate surface area is 167 Å². The number of benzene rings is 3. The average molecular weight is 375 g/mol. The zero-order chi connectivity index (χ0) is 20.3. The van der Waals surface area contributed by atoms with E-state index >= 15 is 0 Å². The van der Waals surface area contributed by atoms with Crippen LogP contribution in [0, 0.1) is 19.9 Å². The van der Waals surface area contributed by atoms with Gasteiger partial charge >= 0.3 is 0 Å². The molecule has 0 amide bonds. The fourth-order valence-electron chi connectivity index (χ4n) is 3.65. The van der Waals surface area contributed by atoms with E-state index in [9.17, 15) is 0 Å². The SMILES string of the molecule is CCc1[c]cc(-c2ccc(OC)c(C)c2)c(-c2ccc(OC)c(C)c2)c1OC. The molecule has 0 saturated heterocycles. The van der Waals surface area contributed by atoms with E-state index < -0.39 is 0 Å². The second-order valence-electron chi connectivity index (χ2n) is 6.81. The first-order chi connectivity index (χ1) is 13.5. The van der Waals surface area contributed by atoms with E-state index in [0.717, 1.165) is 62.6 Å². The van der Waals surface area contributed by atoms with E-state index in [1.807, 2.05) is 12.1 Å². The Bertz CT molecular complexity index is 989. The number of methoxy groups -OCH3 is 3. The molecular formula is C25H27O3.